The molecule has 7 heteroatoms. The molecule has 0 aromatic heterocycles. The third kappa shape index (κ3) is 2.08. The van der Waals surface area contributed by atoms with Crippen molar-refractivity contribution < 1.29 is 22.7 Å². The molecule has 2 aliphatic rings. The van der Waals surface area contributed by atoms with Crippen LogP contribution in [0.2, 0.25) is 0 Å². The van der Waals surface area contributed by atoms with Crippen LogP contribution in [-0.4, -0.2) is 31.0 Å². The van der Waals surface area contributed by atoms with E-state index in [4.69, 9.17) is 4.74 Å². The van der Waals surface area contributed by atoms with Gasteiger partial charge in [-0.3, -0.25) is 10.1 Å². The molecule has 4 rings (SSSR count). The van der Waals surface area contributed by atoms with Gasteiger partial charge in [-0.1, -0.05) is 24.3 Å². The van der Waals surface area contributed by atoms with Crippen LogP contribution in [0, 0.1) is 0 Å². The van der Waals surface area contributed by atoms with Crippen LogP contribution in [0.5, 0.6) is 5.75 Å². The van der Waals surface area contributed by atoms with Gasteiger partial charge in [-0.2, -0.15) is 13.2 Å². The van der Waals surface area contributed by atoms with Crippen molar-refractivity contribution in [2.75, 3.05) is 20.2 Å². The number of hydrogen-bond acceptors (Lipinski definition) is 3. The highest BCUT2D eigenvalue weighted by Gasteiger charge is 2.54. The van der Waals surface area contributed by atoms with Gasteiger partial charge in [0.25, 0.3) is 5.91 Å². The number of fused-ring (bicyclic) bond motifs is 3. The van der Waals surface area contributed by atoms with E-state index in [9.17, 15) is 18.0 Å². The summed E-state index contributed by atoms with van der Waals surface area (Å²) in [4.78, 5) is 14.5. The number of alkyl halides is 3. The Morgan fingerprint density at radius 2 is 1.88 bits per heavy atom. The van der Waals surface area contributed by atoms with Crippen LogP contribution in [0.1, 0.15) is 27.0 Å². The Bertz CT molecular complexity index is 848. The Morgan fingerprint density at radius 3 is 2.52 bits per heavy atom. The standard InChI is InChI=1S/C18H15F3N2O2/c1-25-14-4-2-3-13-15(14)16(24)23-10-9-22-17(13,23)11-5-7-12(8-6-11)18(19,20)21/h2-8,22H,9-10H2,1H3. The van der Waals surface area contributed by atoms with Gasteiger partial charge in [0.05, 0.1) is 18.2 Å². The highest BCUT2D eigenvalue weighted by atomic mass is 19.4. The molecule has 2 aromatic carbocycles. The lowest BCUT2D eigenvalue weighted by Gasteiger charge is -2.33. The molecule has 2 aromatic rings. The van der Waals surface area contributed by atoms with E-state index in [1.54, 1.807) is 17.0 Å². The van der Waals surface area contributed by atoms with Crippen molar-refractivity contribution >= 4 is 5.91 Å². The summed E-state index contributed by atoms with van der Waals surface area (Å²) in [6, 6.07) is 10.2. The van der Waals surface area contributed by atoms with Crippen molar-refractivity contribution in [1.29, 1.82) is 0 Å². The SMILES string of the molecule is COc1cccc2c1C(=O)N1CCNC21c1ccc(C(F)(F)F)cc1. The van der Waals surface area contributed by atoms with E-state index in [1.807, 2.05) is 6.07 Å². The number of amides is 1. The Labute approximate surface area is 142 Å². The molecule has 0 bridgehead atoms. The zero-order chi connectivity index (χ0) is 17.8. The zero-order valence-corrected chi connectivity index (χ0v) is 13.4. The van der Waals surface area contributed by atoms with Crippen LogP contribution in [0.25, 0.3) is 0 Å². The third-order valence-corrected chi connectivity index (χ3v) is 4.85. The van der Waals surface area contributed by atoms with E-state index in [2.05, 4.69) is 5.32 Å². The highest BCUT2D eigenvalue weighted by molar-refractivity contribution is 6.03. The minimum atomic E-state index is -4.40. The van der Waals surface area contributed by atoms with Gasteiger partial charge >= 0.3 is 6.18 Å². The Balaban J connectivity index is 1.90. The minimum Gasteiger partial charge on any atom is -0.496 e. The fourth-order valence-electron chi connectivity index (χ4n) is 3.78. The second-order valence-corrected chi connectivity index (χ2v) is 6.05. The van der Waals surface area contributed by atoms with Gasteiger partial charge in [0, 0.05) is 18.7 Å². The quantitative estimate of drug-likeness (QED) is 0.907. The maximum absolute atomic E-state index is 12.9. The van der Waals surface area contributed by atoms with Crippen LogP contribution in [0.3, 0.4) is 0 Å². The van der Waals surface area contributed by atoms with Crippen LogP contribution in [0.15, 0.2) is 42.5 Å². The van der Waals surface area contributed by atoms with Crippen molar-refractivity contribution in [3.63, 3.8) is 0 Å². The summed E-state index contributed by atoms with van der Waals surface area (Å²) in [5.74, 6) is 0.280. The van der Waals surface area contributed by atoms with E-state index in [1.165, 1.54) is 19.2 Å². The van der Waals surface area contributed by atoms with Crippen LogP contribution in [-0.2, 0) is 11.8 Å². The molecule has 1 unspecified atom stereocenters. The average Bonchev–Trinajstić information content (AvgIpc) is 3.14. The Morgan fingerprint density at radius 1 is 1.16 bits per heavy atom. The van der Waals surface area contributed by atoms with Crippen LogP contribution < -0.4 is 10.1 Å². The number of carbonyl (C=O) groups excluding carboxylic acids is 1. The van der Waals surface area contributed by atoms with Gasteiger partial charge < -0.3 is 9.64 Å². The normalized spacial score (nSPS) is 22.1. The number of ether oxygens (including phenoxy) is 1. The lowest BCUT2D eigenvalue weighted by atomic mass is 9.90. The number of methoxy groups -OCH3 is 1. The average molecular weight is 348 g/mol. The van der Waals surface area contributed by atoms with E-state index < -0.39 is 17.4 Å². The molecule has 2 aliphatic heterocycles. The molecule has 2 heterocycles. The largest absolute Gasteiger partial charge is 0.496 e. The summed E-state index contributed by atoms with van der Waals surface area (Å²) in [7, 11) is 1.49. The first-order valence-corrected chi connectivity index (χ1v) is 7.82. The van der Waals surface area contributed by atoms with Gasteiger partial charge in [-0.25, -0.2) is 0 Å². The molecule has 25 heavy (non-hydrogen) atoms. The molecule has 1 amide bonds. The molecule has 1 saturated heterocycles. The molecule has 0 aliphatic carbocycles. The summed E-state index contributed by atoms with van der Waals surface area (Å²) in [5, 5.41) is 3.31. The third-order valence-electron chi connectivity index (χ3n) is 4.85. The lowest BCUT2D eigenvalue weighted by molar-refractivity contribution is -0.137. The summed E-state index contributed by atoms with van der Waals surface area (Å²) in [6.07, 6.45) is -4.40. The molecule has 1 fully saturated rings. The Kier molecular flexibility index (Phi) is 3.34. The van der Waals surface area contributed by atoms with Crippen LogP contribution in [0.4, 0.5) is 13.2 Å². The van der Waals surface area contributed by atoms with Gasteiger partial charge in [-0.15, -0.1) is 0 Å². The zero-order valence-electron chi connectivity index (χ0n) is 13.4. The van der Waals surface area contributed by atoms with Gasteiger partial charge in [0.2, 0.25) is 0 Å². The first-order valence-electron chi connectivity index (χ1n) is 7.82. The summed E-state index contributed by atoms with van der Waals surface area (Å²) in [6.45, 7) is 1.03. The first-order chi connectivity index (χ1) is 11.9. The molecular weight excluding hydrogens is 333 g/mol. The van der Waals surface area contributed by atoms with Crippen molar-refractivity contribution in [3.05, 3.63) is 64.7 Å². The number of halogens is 3. The summed E-state index contributed by atoms with van der Waals surface area (Å²) < 4.78 is 43.9. The maximum atomic E-state index is 12.9. The molecule has 1 atom stereocenters. The number of nitrogens with one attached hydrogen (secondary N) is 1. The summed E-state index contributed by atoms with van der Waals surface area (Å²) >= 11 is 0. The highest BCUT2D eigenvalue weighted by Crippen LogP contribution is 2.47. The van der Waals surface area contributed by atoms with Crippen molar-refractivity contribution in [3.8, 4) is 5.75 Å². The van der Waals surface area contributed by atoms with Crippen LogP contribution >= 0.6 is 0 Å². The number of rotatable bonds is 2. The summed E-state index contributed by atoms with van der Waals surface area (Å²) in [5.41, 5.74) is 0.0856. The molecule has 0 saturated carbocycles. The first kappa shape index (κ1) is 16.0. The number of hydrogen-bond donors (Lipinski definition) is 1. The van der Waals surface area contributed by atoms with Crippen molar-refractivity contribution in [2.24, 2.45) is 0 Å². The molecule has 0 spiro atoms. The van der Waals surface area contributed by atoms with Gasteiger partial charge in [0.15, 0.2) is 0 Å². The predicted octanol–water partition coefficient (Wildman–Crippen LogP) is 2.97. The fourth-order valence-corrected chi connectivity index (χ4v) is 3.78. The smallest absolute Gasteiger partial charge is 0.416 e. The van der Waals surface area contributed by atoms with E-state index in [0.29, 0.717) is 35.5 Å². The molecule has 1 N–H and O–H groups in total. The molecule has 130 valence electrons. The second-order valence-electron chi connectivity index (χ2n) is 6.05. The topological polar surface area (TPSA) is 41.6 Å². The van der Waals surface area contributed by atoms with Crippen molar-refractivity contribution in [2.45, 2.75) is 11.8 Å². The Hall–Kier alpha value is -2.54. The minimum absolute atomic E-state index is 0.183. The van der Waals surface area contributed by atoms with Crippen molar-refractivity contribution in [1.82, 2.24) is 10.2 Å². The molecule has 0 radical (unpaired) electrons. The van der Waals surface area contributed by atoms with Gasteiger partial charge in [-0.05, 0) is 23.8 Å². The predicted molar refractivity (Wildman–Crippen MR) is 84.3 cm³/mol. The monoisotopic (exact) mass is 348 g/mol. The van der Waals surface area contributed by atoms with E-state index in [-0.39, 0.29) is 5.91 Å². The number of benzene rings is 2. The maximum Gasteiger partial charge on any atom is 0.416 e. The number of nitrogens with zero attached hydrogens (tertiary/aromatic N) is 1. The van der Waals surface area contributed by atoms with Gasteiger partial charge in [0.1, 0.15) is 11.4 Å². The second kappa shape index (κ2) is 5.23. The lowest BCUT2D eigenvalue weighted by Crippen LogP contribution is -2.46. The van der Waals surface area contributed by atoms with E-state index in [0.717, 1.165) is 12.1 Å². The number of carbonyl (C=O) groups is 1. The fraction of sp³-hybridized carbons (Fsp3) is 0.278. The molecule has 4 nitrogen and oxygen atoms in total. The van der Waals surface area contributed by atoms with E-state index >= 15 is 0 Å². The molecular formula is C18H15F3N2O2.